The van der Waals surface area contributed by atoms with Gasteiger partial charge in [-0.25, -0.2) is 15.4 Å². The molecule has 0 radical (unpaired) electrons. The molecule has 1 aromatic heterocycles. The molecule has 4 nitrogen and oxygen atoms in total. The van der Waals surface area contributed by atoms with E-state index in [9.17, 15) is 0 Å². The van der Waals surface area contributed by atoms with Gasteiger partial charge in [-0.1, -0.05) is 29.8 Å². The molecule has 3 N–H and O–H groups in total. The summed E-state index contributed by atoms with van der Waals surface area (Å²) in [6.45, 7) is 0. The van der Waals surface area contributed by atoms with E-state index in [1.54, 1.807) is 18.5 Å². The van der Waals surface area contributed by atoms with Gasteiger partial charge in [-0.15, -0.1) is 0 Å². The molecule has 0 aliphatic carbocycles. The zero-order valence-electron chi connectivity index (χ0n) is 8.47. The molecule has 16 heavy (non-hydrogen) atoms. The van der Waals surface area contributed by atoms with E-state index in [1.165, 1.54) is 0 Å². The Hall–Kier alpha value is -1.49. The Bertz CT molecular complexity index is 461. The number of hydrogen-bond acceptors (Lipinski definition) is 4. The highest BCUT2D eigenvalue weighted by molar-refractivity contribution is 6.31. The minimum atomic E-state index is -0.296. The van der Waals surface area contributed by atoms with E-state index in [0.29, 0.717) is 10.8 Å². The van der Waals surface area contributed by atoms with Gasteiger partial charge in [0, 0.05) is 17.4 Å². The van der Waals surface area contributed by atoms with Crippen LogP contribution in [0.5, 0.6) is 0 Å². The van der Waals surface area contributed by atoms with Crippen LogP contribution in [0.25, 0.3) is 0 Å². The Morgan fingerprint density at radius 1 is 1.12 bits per heavy atom. The van der Waals surface area contributed by atoms with Crippen molar-refractivity contribution in [2.45, 2.75) is 6.04 Å². The lowest BCUT2D eigenvalue weighted by Gasteiger charge is -2.15. The highest BCUT2D eigenvalue weighted by atomic mass is 35.5. The summed E-state index contributed by atoms with van der Waals surface area (Å²) in [7, 11) is 0. The fourth-order valence-electron chi connectivity index (χ4n) is 1.47. The van der Waals surface area contributed by atoms with Gasteiger partial charge < -0.3 is 0 Å². The molecule has 1 atom stereocenters. The molecule has 1 heterocycles. The van der Waals surface area contributed by atoms with Crippen LogP contribution in [-0.4, -0.2) is 9.97 Å². The first-order valence-corrected chi connectivity index (χ1v) is 5.18. The van der Waals surface area contributed by atoms with Gasteiger partial charge in [0.2, 0.25) is 0 Å². The normalized spacial score (nSPS) is 12.4. The third-order valence-electron chi connectivity index (χ3n) is 2.23. The van der Waals surface area contributed by atoms with Crippen LogP contribution in [0.15, 0.2) is 42.7 Å². The third kappa shape index (κ3) is 2.19. The molecule has 2 aromatic rings. The average molecular weight is 235 g/mol. The molecule has 0 aliphatic rings. The maximum absolute atomic E-state index is 6.10. The van der Waals surface area contributed by atoms with E-state index in [0.717, 1.165) is 5.56 Å². The predicted octanol–water partition coefficient (Wildman–Crippen LogP) is 1.68. The van der Waals surface area contributed by atoms with Crippen LogP contribution in [0.4, 0.5) is 0 Å². The summed E-state index contributed by atoms with van der Waals surface area (Å²) in [6.07, 6.45) is 3.34. The molecule has 0 saturated carbocycles. The molecular formula is C11H11ClN4. The van der Waals surface area contributed by atoms with Gasteiger partial charge >= 0.3 is 0 Å². The molecular weight excluding hydrogens is 224 g/mol. The molecule has 82 valence electrons. The quantitative estimate of drug-likeness (QED) is 0.627. The molecule has 0 amide bonds. The summed E-state index contributed by atoms with van der Waals surface area (Å²) in [4.78, 5) is 8.31. The molecule has 0 aliphatic heterocycles. The zero-order chi connectivity index (χ0) is 11.4. The number of halogens is 1. The number of rotatable bonds is 3. The Balaban J connectivity index is 2.41. The van der Waals surface area contributed by atoms with Crippen molar-refractivity contribution in [2.24, 2.45) is 5.84 Å². The van der Waals surface area contributed by atoms with Crippen LogP contribution in [0.3, 0.4) is 0 Å². The standard InChI is InChI=1S/C11H11ClN4/c12-9-5-2-1-4-8(9)10(16-13)11-14-6-3-7-15-11/h1-7,10,16H,13H2. The Morgan fingerprint density at radius 2 is 1.81 bits per heavy atom. The fourth-order valence-corrected chi connectivity index (χ4v) is 1.72. The maximum atomic E-state index is 6.10. The lowest BCUT2D eigenvalue weighted by atomic mass is 10.1. The van der Waals surface area contributed by atoms with Gasteiger partial charge in [0.1, 0.15) is 6.04 Å². The molecule has 2 rings (SSSR count). The maximum Gasteiger partial charge on any atom is 0.150 e. The number of nitrogens with two attached hydrogens (primary N) is 1. The summed E-state index contributed by atoms with van der Waals surface area (Å²) in [5, 5.41) is 0.637. The SMILES string of the molecule is NNC(c1ncccn1)c1ccccc1Cl. The number of aromatic nitrogens is 2. The topological polar surface area (TPSA) is 63.8 Å². The number of hydrazine groups is 1. The molecule has 5 heteroatoms. The van der Waals surface area contributed by atoms with Gasteiger partial charge in [-0.3, -0.25) is 5.84 Å². The summed E-state index contributed by atoms with van der Waals surface area (Å²) in [5.74, 6) is 6.11. The van der Waals surface area contributed by atoms with Crippen LogP contribution in [0.2, 0.25) is 5.02 Å². The Labute approximate surface area is 98.5 Å². The van der Waals surface area contributed by atoms with Crippen molar-refractivity contribution < 1.29 is 0 Å². The minimum absolute atomic E-state index is 0.296. The summed E-state index contributed by atoms with van der Waals surface area (Å²) >= 11 is 6.10. The lowest BCUT2D eigenvalue weighted by Crippen LogP contribution is -2.30. The number of nitrogens with one attached hydrogen (secondary N) is 1. The largest absolute Gasteiger partial charge is 0.270 e. The third-order valence-corrected chi connectivity index (χ3v) is 2.57. The molecule has 0 bridgehead atoms. The van der Waals surface area contributed by atoms with Crippen molar-refractivity contribution in [3.05, 3.63) is 59.1 Å². The first-order valence-electron chi connectivity index (χ1n) is 4.80. The van der Waals surface area contributed by atoms with E-state index >= 15 is 0 Å². The van der Waals surface area contributed by atoms with Crippen molar-refractivity contribution >= 4 is 11.6 Å². The number of benzene rings is 1. The summed E-state index contributed by atoms with van der Waals surface area (Å²) < 4.78 is 0. The molecule has 0 spiro atoms. The van der Waals surface area contributed by atoms with Crippen LogP contribution >= 0.6 is 11.6 Å². The molecule has 1 aromatic carbocycles. The van der Waals surface area contributed by atoms with Crippen molar-refractivity contribution in [1.82, 2.24) is 15.4 Å². The van der Waals surface area contributed by atoms with Gasteiger partial charge in [0.25, 0.3) is 0 Å². The zero-order valence-corrected chi connectivity index (χ0v) is 9.22. The number of hydrogen-bond donors (Lipinski definition) is 2. The highest BCUT2D eigenvalue weighted by Crippen LogP contribution is 2.25. The van der Waals surface area contributed by atoms with Crippen LogP contribution in [0, 0.1) is 0 Å². The molecule has 0 fully saturated rings. The van der Waals surface area contributed by atoms with Crippen molar-refractivity contribution in [2.75, 3.05) is 0 Å². The average Bonchev–Trinajstić information content (AvgIpc) is 2.34. The fraction of sp³-hybridized carbons (Fsp3) is 0.0909. The number of nitrogens with zero attached hydrogens (tertiary/aromatic N) is 2. The first-order chi connectivity index (χ1) is 7.83. The van der Waals surface area contributed by atoms with Gasteiger partial charge in [-0.2, -0.15) is 0 Å². The van der Waals surface area contributed by atoms with Crippen molar-refractivity contribution in [3.63, 3.8) is 0 Å². The molecule has 0 saturated heterocycles. The van der Waals surface area contributed by atoms with Gasteiger partial charge in [0.15, 0.2) is 5.82 Å². The smallest absolute Gasteiger partial charge is 0.150 e. The van der Waals surface area contributed by atoms with Crippen LogP contribution in [-0.2, 0) is 0 Å². The van der Waals surface area contributed by atoms with Crippen molar-refractivity contribution in [1.29, 1.82) is 0 Å². The first kappa shape index (κ1) is 11.0. The van der Waals surface area contributed by atoms with E-state index < -0.39 is 0 Å². The summed E-state index contributed by atoms with van der Waals surface area (Å²) in [6, 6.07) is 8.92. The van der Waals surface area contributed by atoms with Crippen molar-refractivity contribution in [3.8, 4) is 0 Å². The Kier molecular flexibility index (Phi) is 3.46. The van der Waals surface area contributed by atoms with E-state index in [2.05, 4.69) is 15.4 Å². The highest BCUT2D eigenvalue weighted by Gasteiger charge is 2.17. The van der Waals surface area contributed by atoms with Crippen LogP contribution < -0.4 is 11.3 Å². The van der Waals surface area contributed by atoms with Gasteiger partial charge in [0.05, 0.1) is 0 Å². The molecule has 1 unspecified atom stereocenters. The monoisotopic (exact) mass is 234 g/mol. The lowest BCUT2D eigenvalue weighted by molar-refractivity contribution is 0.601. The van der Waals surface area contributed by atoms with Crippen LogP contribution in [0.1, 0.15) is 17.4 Å². The minimum Gasteiger partial charge on any atom is -0.270 e. The summed E-state index contributed by atoms with van der Waals surface area (Å²) in [5.41, 5.74) is 3.53. The van der Waals surface area contributed by atoms with E-state index in [4.69, 9.17) is 17.4 Å². The second-order valence-corrected chi connectivity index (χ2v) is 3.64. The second kappa shape index (κ2) is 5.03. The van der Waals surface area contributed by atoms with E-state index in [1.807, 2.05) is 24.3 Å². The predicted molar refractivity (Wildman–Crippen MR) is 62.7 cm³/mol. The van der Waals surface area contributed by atoms with Gasteiger partial charge in [-0.05, 0) is 17.7 Å². The Morgan fingerprint density at radius 3 is 2.44 bits per heavy atom. The van der Waals surface area contributed by atoms with E-state index in [-0.39, 0.29) is 6.04 Å². The second-order valence-electron chi connectivity index (χ2n) is 3.23.